The molecule has 2 aromatic rings. The lowest BCUT2D eigenvalue weighted by Gasteiger charge is -2.12. The number of carbonyl (C=O) groups excluding carboxylic acids is 3. The molecule has 0 bridgehead atoms. The van der Waals surface area contributed by atoms with E-state index in [1.165, 1.54) is 37.5 Å². The van der Waals surface area contributed by atoms with Crippen LogP contribution in [0.1, 0.15) is 5.56 Å². The van der Waals surface area contributed by atoms with Gasteiger partial charge >= 0.3 is 6.03 Å². The number of amides is 4. The second kappa shape index (κ2) is 7.69. The zero-order chi connectivity index (χ0) is 19.4. The van der Waals surface area contributed by atoms with Crippen molar-refractivity contribution in [2.45, 2.75) is 0 Å². The monoisotopic (exact) mass is 369 g/mol. The quantitative estimate of drug-likeness (QED) is 0.626. The highest BCUT2D eigenvalue weighted by Crippen LogP contribution is 2.17. The molecule has 8 heteroatoms. The molecule has 7 nitrogen and oxygen atoms in total. The molecule has 0 radical (unpaired) electrons. The van der Waals surface area contributed by atoms with E-state index in [-0.39, 0.29) is 5.70 Å². The minimum absolute atomic E-state index is 0.0175. The van der Waals surface area contributed by atoms with Crippen molar-refractivity contribution in [3.05, 3.63) is 65.6 Å². The maximum Gasteiger partial charge on any atom is 0.329 e. The van der Waals surface area contributed by atoms with Gasteiger partial charge in [0, 0.05) is 5.69 Å². The van der Waals surface area contributed by atoms with Crippen LogP contribution >= 0.6 is 0 Å². The number of anilines is 1. The number of rotatable bonds is 5. The number of nitrogens with zero attached hydrogens (tertiary/aromatic N) is 1. The van der Waals surface area contributed by atoms with E-state index in [1.54, 1.807) is 24.3 Å². The summed E-state index contributed by atoms with van der Waals surface area (Å²) >= 11 is 0. The number of methoxy groups -OCH3 is 1. The van der Waals surface area contributed by atoms with Crippen molar-refractivity contribution >= 4 is 29.6 Å². The number of hydrogen-bond acceptors (Lipinski definition) is 4. The van der Waals surface area contributed by atoms with Crippen molar-refractivity contribution in [1.82, 2.24) is 10.2 Å². The van der Waals surface area contributed by atoms with Crippen LogP contribution in [0.4, 0.5) is 14.9 Å². The van der Waals surface area contributed by atoms with Crippen LogP contribution in [0.5, 0.6) is 5.75 Å². The minimum Gasteiger partial charge on any atom is -0.497 e. The molecule has 0 unspecified atom stereocenters. The predicted molar refractivity (Wildman–Crippen MR) is 96.2 cm³/mol. The molecule has 0 saturated carbocycles. The second-order valence-corrected chi connectivity index (χ2v) is 5.71. The van der Waals surface area contributed by atoms with Gasteiger partial charge in [-0.3, -0.25) is 9.59 Å². The van der Waals surface area contributed by atoms with Crippen LogP contribution in [-0.4, -0.2) is 36.4 Å². The molecular formula is C19H16FN3O4. The molecule has 1 aliphatic heterocycles. The van der Waals surface area contributed by atoms with Crippen LogP contribution in [0.25, 0.3) is 6.08 Å². The van der Waals surface area contributed by atoms with Gasteiger partial charge in [-0.25, -0.2) is 14.1 Å². The Kier molecular flexibility index (Phi) is 5.16. The Morgan fingerprint density at radius 3 is 2.44 bits per heavy atom. The Balaban J connectivity index is 1.65. The zero-order valence-corrected chi connectivity index (χ0v) is 14.4. The lowest BCUT2D eigenvalue weighted by Crippen LogP contribution is -2.38. The van der Waals surface area contributed by atoms with E-state index in [9.17, 15) is 18.8 Å². The lowest BCUT2D eigenvalue weighted by molar-refractivity contribution is -0.127. The summed E-state index contributed by atoms with van der Waals surface area (Å²) in [5, 5.41) is 5.01. The van der Waals surface area contributed by atoms with E-state index >= 15 is 0 Å². The highest BCUT2D eigenvalue weighted by molar-refractivity contribution is 6.15. The number of ether oxygens (including phenoxy) is 1. The van der Waals surface area contributed by atoms with E-state index in [4.69, 9.17) is 4.74 Å². The second-order valence-electron chi connectivity index (χ2n) is 5.71. The SMILES string of the molecule is COc1ccc(NC(=O)CN2C(=O)N/C(=C\c3ccc(F)cc3)C2=O)cc1. The summed E-state index contributed by atoms with van der Waals surface area (Å²) in [6.07, 6.45) is 1.42. The highest BCUT2D eigenvalue weighted by atomic mass is 19.1. The number of imide groups is 1. The third-order valence-corrected chi connectivity index (χ3v) is 3.82. The number of hydrogen-bond donors (Lipinski definition) is 2. The Bertz CT molecular complexity index is 908. The van der Waals surface area contributed by atoms with Crippen LogP contribution in [0.3, 0.4) is 0 Å². The smallest absolute Gasteiger partial charge is 0.329 e. The molecule has 1 saturated heterocycles. The van der Waals surface area contributed by atoms with Crippen molar-refractivity contribution in [2.75, 3.05) is 19.0 Å². The molecule has 1 fully saturated rings. The van der Waals surface area contributed by atoms with Gasteiger partial charge in [0.15, 0.2) is 0 Å². The fourth-order valence-corrected chi connectivity index (χ4v) is 2.46. The fourth-order valence-electron chi connectivity index (χ4n) is 2.46. The first-order valence-electron chi connectivity index (χ1n) is 8.00. The maximum absolute atomic E-state index is 12.9. The summed E-state index contributed by atoms with van der Waals surface area (Å²) < 4.78 is 18.0. The van der Waals surface area contributed by atoms with Gasteiger partial charge < -0.3 is 15.4 Å². The van der Waals surface area contributed by atoms with Gasteiger partial charge in [-0.1, -0.05) is 12.1 Å². The molecule has 2 N–H and O–H groups in total. The average Bonchev–Trinajstić information content (AvgIpc) is 2.91. The van der Waals surface area contributed by atoms with Crippen molar-refractivity contribution < 1.29 is 23.5 Å². The van der Waals surface area contributed by atoms with Gasteiger partial charge in [0.1, 0.15) is 23.8 Å². The Hall–Kier alpha value is -3.68. The van der Waals surface area contributed by atoms with Crippen molar-refractivity contribution in [3.8, 4) is 5.75 Å². The third-order valence-electron chi connectivity index (χ3n) is 3.82. The molecule has 4 amide bonds. The van der Waals surface area contributed by atoms with Crippen LogP contribution < -0.4 is 15.4 Å². The first kappa shape index (κ1) is 18.1. The summed E-state index contributed by atoms with van der Waals surface area (Å²) in [5.41, 5.74) is 1.07. The predicted octanol–water partition coefficient (Wildman–Crippen LogP) is 2.37. The zero-order valence-electron chi connectivity index (χ0n) is 14.4. The summed E-state index contributed by atoms with van der Waals surface area (Å²) in [6, 6.07) is 11.4. The molecule has 1 aliphatic rings. The Labute approximate surface area is 154 Å². The molecular weight excluding hydrogens is 353 g/mol. The summed E-state index contributed by atoms with van der Waals surface area (Å²) in [6.45, 7) is -0.433. The minimum atomic E-state index is -0.696. The van der Waals surface area contributed by atoms with Crippen LogP contribution in [-0.2, 0) is 9.59 Å². The molecule has 0 spiro atoms. The van der Waals surface area contributed by atoms with E-state index < -0.39 is 30.2 Å². The normalized spacial score (nSPS) is 15.0. The van der Waals surface area contributed by atoms with Gasteiger partial charge in [-0.2, -0.15) is 0 Å². The van der Waals surface area contributed by atoms with Gasteiger partial charge in [0.25, 0.3) is 5.91 Å². The molecule has 0 atom stereocenters. The summed E-state index contributed by atoms with van der Waals surface area (Å²) in [7, 11) is 1.53. The van der Waals surface area contributed by atoms with E-state index in [0.29, 0.717) is 17.0 Å². The number of carbonyl (C=O) groups is 3. The van der Waals surface area contributed by atoms with E-state index in [1.807, 2.05) is 0 Å². The Morgan fingerprint density at radius 1 is 1.15 bits per heavy atom. The number of benzene rings is 2. The molecule has 3 rings (SSSR count). The fraction of sp³-hybridized carbons (Fsp3) is 0.105. The van der Waals surface area contributed by atoms with Crippen LogP contribution in [0, 0.1) is 5.82 Å². The first-order chi connectivity index (χ1) is 13.0. The van der Waals surface area contributed by atoms with Crippen molar-refractivity contribution in [2.24, 2.45) is 0 Å². The van der Waals surface area contributed by atoms with Gasteiger partial charge in [-0.15, -0.1) is 0 Å². The first-order valence-corrected chi connectivity index (χ1v) is 8.00. The molecule has 138 valence electrons. The van der Waals surface area contributed by atoms with Crippen molar-refractivity contribution in [1.29, 1.82) is 0 Å². The van der Waals surface area contributed by atoms with Gasteiger partial charge in [0.2, 0.25) is 5.91 Å². The van der Waals surface area contributed by atoms with Crippen molar-refractivity contribution in [3.63, 3.8) is 0 Å². The van der Waals surface area contributed by atoms with Gasteiger partial charge in [0.05, 0.1) is 7.11 Å². The number of halogens is 1. The standard InChI is InChI=1S/C19H16FN3O4/c1-27-15-8-6-14(7-9-15)21-17(24)11-23-18(25)16(22-19(23)26)10-12-2-4-13(20)5-3-12/h2-10H,11H2,1H3,(H,21,24)(H,22,26)/b16-10-. The van der Waals surface area contributed by atoms with E-state index in [0.717, 1.165) is 4.90 Å². The largest absolute Gasteiger partial charge is 0.497 e. The number of nitrogens with one attached hydrogen (secondary N) is 2. The van der Waals surface area contributed by atoms with Crippen LogP contribution in [0.15, 0.2) is 54.2 Å². The molecule has 0 aliphatic carbocycles. The molecule has 0 aromatic heterocycles. The molecule has 27 heavy (non-hydrogen) atoms. The van der Waals surface area contributed by atoms with Crippen LogP contribution in [0.2, 0.25) is 0 Å². The molecule has 2 aromatic carbocycles. The molecule has 1 heterocycles. The lowest BCUT2D eigenvalue weighted by atomic mass is 10.2. The average molecular weight is 369 g/mol. The van der Waals surface area contributed by atoms with Gasteiger partial charge in [-0.05, 0) is 48.0 Å². The summed E-state index contributed by atoms with van der Waals surface area (Å²) in [5.74, 6) is -0.922. The summed E-state index contributed by atoms with van der Waals surface area (Å²) in [4.78, 5) is 37.3. The third kappa shape index (κ3) is 4.30. The van der Waals surface area contributed by atoms with E-state index in [2.05, 4.69) is 10.6 Å². The number of urea groups is 1. The Morgan fingerprint density at radius 2 is 1.81 bits per heavy atom. The maximum atomic E-state index is 12.9. The highest BCUT2D eigenvalue weighted by Gasteiger charge is 2.34. The topological polar surface area (TPSA) is 87.7 Å².